The number of hydrogen-bond donors (Lipinski definition) is 2. The third-order valence-electron chi connectivity index (χ3n) is 6.38. The molecule has 5 rings (SSSR count). The van der Waals surface area contributed by atoms with E-state index in [0.29, 0.717) is 28.8 Å². The Labute approximate surface area is 201 Å². The first-order chi connectivity index (χ1) is 16.3. The van der Waals surface area contributed by atoms with Crippen LogP contribution in [0.5, 0.6) is 0 Å². The fraction of sp³-hybridized carbons (Fsp3) is 0.400. The molecule has 0 saturated heterocycles. The molecule has 0 unspecified atom stereocenters. The second-order valence-corrected chi connectivity index (χ2v) is 11.0. The summed E-state index contributed by atoms with van der Waals surface area (Å²) in [6, 6.07) is 8.55. The van der Waals surface area contributed by atoms with E-state index in [0.717, 1.165) is 31.6 Å². The van der Waals surface area contributed by atoms with Gasteiger partial charge in [-0.2, -0.15) is 4.98 Å². The smallest absolute Gasteiger partial charge is 0.404 e. The molecule has 178 valence electrons. The molecule has 1 atom stereocenters. The quantitative estimate of drug-likeness (QED) is 0.655. The molecule has 3 heterocycles. The molecular formula is C25H29N5O3S. The topological polar surface area (TPSA) is 110 Å². The number of rotatable bonds is 6. The number of allylic oxidation sites excluding steroid dienone is 1. The third kappa shape index (κ3) is 4.57. The highest BCUT2D eigenvalue weighted by Crippen LogP contribution is 2.34. The van der Waals surface area contributed by atoms with E-state index in [1.165, 1.54) is 22.3 Å². The summed E-state index contributed by atoms with van der Waals surface area (Å²) in [6.07, 6.45) is 6.31. The summed E-state index contributed by atoms with van der Waals surface area (Å²) in [4.78, 5) is 23.4. The number of carbonyl (C=O) groups is 1. The predicted octanol–water partition coefficient (Wildman–Crippen LogP) is 3.20. The first-order valence-electron chi connectivity index (χ1n) is 11.5. The Morgan fingerprint density at radius 3 is 2.79 bits per heavy atom. The maximum atomic E-state index is 12.7. The molecule has 0 radical (unpaired) electrons. The van der Waals surface area contributed by atoms with Crippen molar-refractivity contribution in [2.45, 2.75) is 43.5 Å². The highest BCUT2D eigenvalue weighted by Gasteiger charge is 2.31. The maximum Gasteiger partial charge on any atom is 0.404 e. The predicted molar refractivity (Wildman–Crippen MR) is 133 cm³/mol. The number of anilines is 2. The molecule has 2 aromatic rings. The first-order valence-corrected chi connectivity index (χ1v) is 12.8. The number of carbonyl (C=O) groups excluding carboxylic acids is 1. The van der Waals surface area contributed by atoms with Gasteiger partial charge in [0.15, 0.2) is 0 Å². The van der Waals surface area contributed by atoms with E-state index in [1.807, 2.05) is 13.8 Å². The van der Waals surface area contributed by atoms with E-state index in [9.17, 15) is 9.00 Å². The number of fused-ring (bicyclic) bond motifs is 2. The van der Waals surface area contributed by atoms with Gasteiger partial charge in [0.05, 0.1) is 22.0 Å². The molecule has 34 heavy (non-hydrogen) atoms. The summed E-state index contributed by atoms with van der Waals surface area (Å²) in [6.45, 7) is 5.36. The lowest BCUT2D eigenvalue weighted by Crippen LogP contribution is -2.39. The lowest BCUT2D eigenvalue weighted by atomic mass is 9.98. The van der Waals surface area contributed by atoms with Crippen LogP contribution < -0.4 is 16.0 Å². The molecule has 3 N–H and O–H groups in total. The molecule has 0 bridgehead atoms. The number of benzene rings is 1. The van der Waals surface area contributed by atoms with E-state index in [1.54, 1.807) is 0 Å². The SMILES string of the molecule is CC(C)(COC(N)=O)Nc1nc(N2CC=C(C3=Cc4ccccc4C3)CC2)nc2c1[S@](=O)CC2. The van der Waals surface area contributed by atoms with Gasteiger partial charge in [-0.3, -0.25) is 4.21 Å². The van der Waals surface area contributed by atoms with Crippen molar-refractivity contribution in [3.63, 3.8) is 0 Å². The van der Waals surface area contributed by atoms with Gasteiger partial charge in [-0.15, -0.1) is 0 Å². The normalized spacial score (nSPS) is 19.2. The summed E-state index contributed by atoms with van der Waals surface area (Å²) in [5.41, 5.74) is 10.8. The molecule has 2 aliphatic heterocycles. The van der Waals surface area contributed by atoms with Crippen molar-refractivity contribution in [2.24, 2.45) is 5.73 Å². The number of aromatic nitrogens is 2. The van der Waals surface area contributed by atoms with Crippen molar-refractivity contribution < 1.29 is 13.7 Å². The van der Waals surface area contributed by atoms with Crippen molar-refractivity contribution >= 4 is 34.7 Å². The monoisotopic (exact) mass is 479 g/mol. The van der Waals surface area contributed by atoms with E-state index in [4.69, 9.17) is 20.4 Å². The Morgan fingerprint density at radius 1 is 1.24 bits per heavy atom. The van der Waals surface area contributed by atoms with Gasteiger partial charge >= 0.3 is 6.09 Å². The zero-order valence-electron chi connectivity index (χ0n) is 19.5. The maximum absolute atomic E-state index is 12.7. The lowest BCUT2D eigenvalue weighted by molar-refractivity contribution is 0.138. The van der Waals surface area contributed by atoms with E-state index in [2.05, 4.69) is 46.6 Å². The Kier molecular flexibility index (Phi) is 5.89. The summed E-state index contributed by atoms with van der Waals surface area (Å²) in [5, 5.41) is 3.32. The van der Waals surface area contributed by atoms with E-state index >= 15 is 0 Å². The van der Waals surface area contributed by atoms with Gasteiger partial charge in [-0.25, -0.2) is 9.78 Å². The summed E-state index contributed by atoms with van der Waals surface area (Å²) >= 11 is 0. The van der Waals surface area contributed by atoms with Crippen LogP contribution in [-0.4, -0.2) is 51.3 Å². The van der Waals surface area contributed by atoms with Crippen LogP contribution in [0.4, 0.5) is 16.6 Å². The Balaban J connectivity index is 1.36. The number of aryl methyl sites for hydroxylation is 1. The Bertz CT molecular complexity index is 1240. The standard InChI is InChI=1S/C25H29N5O3S/c1-25(2,15-33-23(26)31)29-22-21-20(9-12-34(21)32)27-24(28-22)30-10-7-16(8-11-30)19-13-17-5-3-4-6-18(17)14-19/h3-7,13H,8-12,14-15H2,1-2H3,(H2,26,31)(H,27,28,29)/t34-/m1/s1. The highest BCUT2D eigenvalue weighted by atomic mass is 32.2. The van der Waals surface area contributed by atoms with Crippen molar-refractivity contribution in [3.05, 3.63) is 58.3 Å². The van der Waals surface area contributed by atoms with Gasteiger partial charge in [0, 0.05) is 25.3 Å². The number of nitrogens with zero attached hydrogens (tertiary/aromatic N) is 3. The number of amides is 1. The minimum atomic E-state index is -1.15. The van der Waals surface area contributed by atoms with Crippen molar-refractivity contribution in [1.29, 1.82) is 0 Å². The summed E-state index contributed by atoms with van der Waals surface area (Å²) in [7, 11) is -1.15. The van der Waals surface area contributed by atoms with Crippen molar-refractivity contribution in [2.75, 3.05) is 35.7 Å². The largest absolute Gasteiger partial charge is 0.447 e. The fourth-order valence-electron chi connectivity index (χ4n) is 4.65. The Hall–Kier alpha value is -3.20. The van der Waals surface area contributed by atoms with Crippen molar-refractivity contribution in [1.82, 2.24) is 9.97 Å². The van der Waals surface area contributed by atoms with Gasteiger partial charge in [0.1, 0.15) is 17.3 Å². The van der Waals surface area contributed by atoms with E-state index in [-0.39, 0.29) is 6.61 Å². The molecule has 1 aromatic heterocycles. The number of nitrogens with two attached hydrogens (primary N) is 1. The molecular weight excluding hydrogens is 450 g/mol. The number of nitrogens with one attached hydrogen (secondary N) is 1. The van der Waals surface area contributed by atoms with Gasteiger partial charge in [0.25, 0.3) is 0 Å². The highest BCUT2D eigenvalue weighted by molar-refractivity contribution is 7.85. The molecule has 9 heteroatoms. The van der Waals surface area contributed by atoms with Crippen LogP contribution in [0.1, 0.15) is 37.1 Å². The first kappa shape index (κ1) is 22.6. The van der Waals surface area contributed by atoms with Crippen molar-refractivity contribution in [3.8, 4) is 0 Å². The lowest BCUT2D eigenvalue weighted by Gasteiger charge is -2.30. The van der Waals surface area contributed by atoms with Crippen LogP contribution in [0.15, 0.2) is 46.4 Å². The zero-order valence-corrected chi connectivity index (χ0v) is 20.3. The number of hydrogen-bond acceptors (Lipinski definition) is 7. The Morgan fingerprint density at radius 2 is 2.06 bits per heavy atom. The molecule has 1 amide bonds. The number of primary amides is 1. The van der Waals surface area contributed by atoms with Gasteiger partial charge in [-0.1, -0.05) is 36.4 Å². The second-order valence-electron chi connectivity index (χ2n) is 9.53. The van der Waals surface area contributed by atoms with Crippen LogP contribution >= 0.6 is 0 Å². The van der Waals surface area contributed by atoms with Crippen LogP contribution in [0.25, 0.3) is 6.08 Å². The van der Waals surface area contributed by atoms with Crippen LogP contribution in [0.3, 0.4) is 0 Å². The zero-order chi connectivity index (χ0) is 23.9. The van der Waals surface area contributed by atoms with Gasteiger partial charge < -0.3 is 20.7 Å². The average Bonchev–Trinajstić information content (AvgIpc) is 3.41. The summed E-state index contributed by atoms with van der Waals surface area (Å²) in [5.74, 6) is 1.71. The van der Waals surface area contributed by atoms with Gasteiger partial charge in [-0.05, 0) is 49.0 Å². The van der Waals surface area contributed by atoms with Crippen LogP contribution in [0, 0.1) is 0 Å². The second kappa shape index (κ2) is 8.87. The van der Waals surface area contributed by atoms with Crippen LogP contribution in [-0.2, 0) is 28.4 Å². The fourth-order valence-corrected chi connectivity index (χ4v) is 5.95. The minimum Gasteiger partial charge on any atom is -0.447 e. The molecule has 1 aliphatic carbocycles. The third-order valence-corrected chi connectivity index (χ3v) is 7.84. The van der Waals surface area contributed by atoms with Crippen LogP contribution in [0.2, 0.25) is 0 Å². The van der Waals surface area contributed by atoms with Gasteiger partial charge in [0.2, 0.25) is 5.95 Å². The minimum absolute atomic E-state index is 0.0659. The molecule has 1 aromatic carbocycles. The summed E-state index contributed by atoms with van der Waals surface area (Å²) < 4.78 is 17.7. The molecule has 3 aliphatic rings. The molecule has 8 nitrogen and oxygen atoms in total. The average molecular weight is 480 g/mol. The van der Waals surface area contributed by atoms with E-state index < -0.39 is 22.4 Å². The number of ether oxygens (including phenoxy) is 1. The molecule has 0 fully saturated rings. The molecule has 0 saturated carbocycles. The molecule has 0 spiro atoms.